The molecule has 1 unspecified atom stereocenters. The van der Waals surface area contributed by atoms with Gasteiger partial charge < -0.3 is 18.9 Å². The molecule has 8 nitrogen and oxygen atoms in total. The minimum absolute atomic E-state index is 0.185. The minimum atomic E-state index is -3.62. The predicted molar refractivity (Wildman–Crippen MR) is 159 cm³/mol. The maximum absolute atomic E-state index is 12.6. The summed E-state index contributed by atoms with van der Waals surface area (Å²) in [6, 6.07) is 10.3. The van der Waals surface area contributed by atoms with Gasteiger partial charge in [-0.25, -0.2) is 13.1 Å². The Hall–Kier alpha value is -2.78. The van der Waals surface area contributed by atoms with Crippen molar-refractivity contribution < 1.29 is 32.2 Å². The Bertz CT molecular complexity index is 1190. The van der Waals surface area contributed by atoms with Crippen LogP contribution in [0.5, 0.6) is 17.2 Å². The van der Waals surface area contributed by atoms with E-state index in [4.69, 9.17) is 18.9 Å². The van der Waals surface area contributed by atoms with Crippen LogP contribution in [0.3, 0.4) is 0 Å². The fourth-order valence-corrected chi connectivity index (χ4v) is 4.55. The standard InChI is InChI=1S/C31H47NO7S/c1-9-36-30(33)15-11-24-16-25(10-14-28(24)38-19-22(4)5)31(32-40(8,34)35)27-13-12-26(37-18-21(2)3)17-29(27)39-20-23(6)7/h10,12-14,16-17,21-23,31-32H,9,11,15,18-20H2,1-8H3. The van der Waals surface area contributed by atoms with E-state index >= 15 is 0 Å². The van der Waals surface area contributed by atoms with Crippen molar-refractivity contribution in [2.45, 2.75) is 67.3 Å². The first-order chi connectivity index (χ1) is 18.8. The molecule has 0 amide bonds. The molecule has 0 fully saturated rings. The molecule has 0 aliphatic rings. The number of aryl methyl sites for hydroxylation is 1. The lowest BCUT2D eigenvalue weighted by molar-refractivity contribution is -0.143. The Labute approximate surface area is 240 Å². The molecule has 0 bridgehead atoms. The number of carbonyl (C=O) groups is 1. The molecule has 0 radical (unpaired) electrons. The number of benzene rings is 2. The molecule has 0 aromatic heterocycles. The predicted octanol–water partition coefficient (Wildman–Crippen LogP) is 5.93. The maximum atomic E-state index is 12.6. The van der Waals surface area contributed by atoms with Gasteiger partial charge in [-0.15, -0.1) is 0 Å². The van der Waals surface area contributed by atoms with Gasteiger partial charge in [0.25, 0.3) is 0 Å². The van der Waals surface area contributed by atoms with Crippen molar-refractivity contribution in [1.82, 2.24) is 4.72 Å². The van der Waals surface area contributed by atoms with Crippen LogP contribution in [-0.2, 0) is 26.0 Å². The first-order valence-electron chi connectivity index (χ1n) is 14.1. The molecule has 0 saturated carbocycles. The number of rotatable bonds is 17. The summed E-state index contributed by atoms with van der Waals surface area (Å²) in [6.07, 6.45) is 1.71. The van der Waals surface area contributed by atoms with Crippen LogP contribution >= 0.6 is 0 Å². The first-order valence-corrected chi connectivity index (χ1v) is 16.0. The highest BCUT2D eigenvalue weighted by molar-refractivity contribution is 7.88. The van der Waals surface area contributed by atoms with Gasteiger partial charge in [-0.3, -0.25) is 4.79 Å². The summed E-state index contributed by atoms with van der Waals surface area (Å²) >= 11 is 0. The van der Waals surface area contributed by atoms with E-state index in [1.54, 1.807) is 6.92 Å². The molecular formula is C31H47NO7S. The van der Waals surface area contributed by atoms with E-state index in [0.717, 1.165) is 11.8 Å². The lowest BCUT2D eigenvalue weighted by Gasteiger charge is -2.24. The molecule has 1 N–H and O–H groups in total. The average Bonchev–Trinajstić information content (AvgIpc) is 2.87. The van der Waals surface area contributed by atoms with Crippen LogP contribution in [0.4, 0.5) is 0 Å². The van der Waals surface area contributed by atoms with Crippen LogP contribution in [-0.4, -0.2) is 47.1 Å². The number of sulfonamides is 1. The van der Waals surface area contributed by atoms with Gasteiger partial charge >= 0.3 is 5.97 Å². The number of hydrogen-bond donors (Lipinski definition) is 1. The molecular weight excluding hydrogens is 530 g/mol. The smallest absolute Gasteiger partial charge is 0.306 e. The summed E-state index contributed by atoms with van der Waals surface area (Å²) in [4.78, 5) is 12.1. The Kier molecular flexibility index (Phi) is 13.3. The first kappa shape index (κ1) is 33.4. The second-order valence-corrected chi connectivity index (χ2v) is 13.1. The van der Waals surface area contributed by atoms with Gasteiger partial charge in [0.2, 0.25) is 10.0 Å². The quantitative estimate of drug-likeness (QED) is 0.233. The van der Waals surface area contributed by atoms with Crippen molar-refractivity contribution >= 4 is 16.0 Å². The van der Waals surface area contributed by atoms with E-state index < -0.39 is 16.1 Å². The maximum Gasteiger partial charge on any atom is 0.306 e. The molecule has 2 aromatic carbocycles. The van der Waals surface area contributed by atoms with Crippen molar-refractivity contribution in [3.05, 3.63) is 53.1 Å². The SMILES string of the molecule is CCOC(=O)CCc1cc(C(NS(C)(=O)=O)c2ccc(OCC(C)C)cc2OCC(C)C)ccc1OCC(C)C. The number of carbonyl (C=O) groups excluding carboxylic acids is 1. The third kappa shape index (κ3) is 11.8. The van der Waals surface area contributed by atoms with E-state index in [2.05, 4.69) is 46.3 Å². The second-order valence-electron chi connectivity index (χ2n) is 11.3. The molecule has 40 heavy (non-hydrogen) atoms. The fourth-order valence-electron chi connectivity index (χ4n) is 3.85. The summed E-state index contributed by atoms with van der Waals surface area (Å²) in [5, 5.41) is 0. The highest BCUT2D eigenvalue weighted by Gasteiger charge is 2.24. The van der Waals surface area contributed by atoms with Crippen molar-refractivity contribution in [2.24, 2.45) is 17.8 Å². The van der Waals surface area contributed by atoms with Gasteiger partial charge in [-0.1, -0.05) is 53.7 Å². The fraction of sp³-hybridized carbons (Fsp3) is 0.581. The van der Waals surface area contributed by atoms with Gasteiger partial charge in [0, 0.05) is 18.1 Å². The number of esters is 1. The van der Waals surface area contributed by atoms with Crippen LogP contribution < -0.4 is 18.9 Å². The van der Waals surface area contributed by atoms with E-state index in [-0.39, 0.29) is 18.3 Å². The number of nitrogens with one attached hydrogen (secondary N) is 1. The van der Waals surface area contributed by atoms with E-state index in [1.807, 2.05) is 36.4 Å². The van der Waals surface area contributed by atoms with Crippen LogP contribution in [0.1, 0.15) is 77.6 Å². The zero-order valence-corrected chi connectivity index (χ0v) is 26.1. The summed E-state index contributed by atoms with van der Waals surface area (Å²) in [5.74, 6) is 2.49. The number of hydrogen-bond acceptors (Lipinski definition) is 7. The molecule has 2 rings (SSSR count). The van der Waals surface area contributed by atoms with Crippen molar-refractivity contribution in [1.29, 1.82) is 0 Å². The van der Waals surface area contributed by atoms with Crippen molar-refractivity contribution in [3.8, 4) is 17.2 Å². The zero-order chi connectivity index (χ0) is 29.9. The third-order valence-corrected chi connectivity index (χ3v) is 6.34. The lowest BCUT2D eigenvalue weighted by Crippen LogP contribution is -2.29. The topological polar surface area (TPSA) is 100 Å². The van der Waals surface area contributed by atoms with Crippen LogP contribution in [0.2, 0.25) is 0 Å². The van der Waals surface area contributed by atoms with Crippen LogP contribution in [0.25, 0.3) is 0 Å². The summed E-state index contributed by atoms with van der Waals surface area (Å²) in [6.45, 7) is 16.0. The van der Waals surface area contributed by atoms with Crippen molar-refractivity contribution in [3.63, 3.8) is 0 Å². The molecule has 0 aliphatic carbocycles. The summed E-state index contributed by atoms with van der Waals surface area (Å²) in [7, 11) is -3.62. The van der Waals surface area contributed by atoms with E-state index in [9.17, 15) is 13.2 Å². The second kappa shape index (κ2) is 15.9. The Balaban J connectivity index is 2.59. The Morgan fingerprint density at radius 3 is 2.00 bits per heavy atom. The van der Waals surface area contributed by atoms with E-state index in [1.165, 1.54) is 0 Å². The van der Waals surface area contributed by atoms with Crippen LogP contribution in [0.15, 0.2) is 36.4 Å². The highest BCUT2D eigenvalue weighted by Crippen LogP contribution is 2.36. The lowest BCUT2D eigenvalue weighted by atomic mass is 9.95. The molecule has 2 aromatic rings. The van der Waals surface area contributed by atoms with Gasteiger partial charge in [-0.05, 0) is 60.4 Å². The Morgan fingerprint density at radius 1 is 0.825 bits per heavy atom. The van der Waals surface area contributed by atoms with E-state index in [0.29, 0.717) is 73.1 Å². The monoisotopic (exact) mass is 577 g/mol. The number of ether oxygens (including phenoxy) is 4. The third-order valence-electron chi connectivity index (χ3n) is 5.68. The largest absolute Gasteiger partial charge is 0.493 e. The molecule has 1 atom stereocenters. The zero-order valence-electron chi connectivity index (χ0n) is 25.3. The molecule has 224 valence electrons. The van der Waals surface area contributed by atoms with Crippen LogP contribution in [0, 0.1) is 17.8 Å². The highest BCUT2D eigenvalue weighted by atomic mass is 32.2. The summed E-state index contributed by atoms with van der Waals surface area (Å²) < 4.78 is 51.2. The van der Waals surface area contributed by atoms with Crippen molar-refractivity contribution in [2.75, 3.05) is 32.7 Å². The summed E-state index contributed by atoms with van der Waals surface area (Å²) in [5.41, 5.74) is 2.16. The average molecular weight is 578 g/mol. The molecule has 0 spiro atoms. The van der Waals surface area contributed by atoms with Gasteiger partial charge in [0.05, 0.1) is 38.7 Å². The van der Waals surface area contributed by atoms with Gasteiger partial charge in [0.15, 0.2) is 0 Å². The minimum Gasteiger partial charge on any atom is -0.493 e. The molecule has 0 heterocycles. The Morgan fingerprint density at radius 2 is 1.43 bits per heavy atom. The normalized spacial score (nSPS) is 12.6. The molecule has 9 heteroatoms. The molecule has 0 aliphatic heterocycles. The molecule has 0 saturated heterocycles. The van der Waals surface area contributed by atoms with Gasteiger partial charge in [-0.2, -0.15) is 0 Å². The van der Waals surface area contributed by atoms with Gasteiger partial charge in [0.1, 0.15) is 17.2 Å².